The molecule has 2 aromatic rings. The lowest BCUT2D eigenvalue weighted by Gasteiger charge is -2.21. The van der Waals surface area contributed by atoms with Crippen molar-refractivity contribution in [1.82, 2.24) is 9.78 Å². The number of nitrogens with two attached hydrogens (primary N) is 1. The number of aryl methyl sites for hydroxylation is 2. The first-order valence-corrected chi connectivity index (χ1v) is 6.60. The molecular weight excluding hydrogens is 238 g/mol. The highest BCUT2D eigenvalue weighted by Crippen LogP contribution is 2.24. The molecule has 0 aliphatic rings. The van der Waals surface area contributed by atoms with Gasteiger partial charge in [0.2, 0.25) is 0 Å². The number of rotatable bonds is 5. The average Bonchev–Trinajstić information content (AvgIpc) is 2.82. The first-order chi connectivity index (χ1) is 9.10. The second-order valence-corrected chi connectivity index (χ2v) is 4.84. The molecule has 0 radical (unpaired) electrons. The third kappa shape index (κ3) is 3.35. The molecule has 2 N–H and O–H groups in total. The molecule has 1 aromatic heterocycles. The van der Waals surface area contributed by atoms with Gasteiger partial charge in [-0.25, -0.2) is 0 Å². The summed E-state index contributed by atoms with van der Waals surface area (Å²) in [5, 5.41) is 4.17. The van der Waals surface area contributed by atoms with Crippen LogP contribution in [-0.2, 0) is 13.5 Å². The summed E-state index contributed by atoms with van der Waals surface area (Å²) in [4.78, 5) is 0. The van der Waals surface area contributed by atoms with Gasteiger partial charge in [0.1, 0.15) is 11.9 Å². The van der Waals surface area contributed by atoms with Gasteiger partial charge >= 0.3 is 0 Å². The van der Waals surface area contributed by atoms with E-state index in [0.717, 1.165) is 17.7 Å². The fraction of sp³-hybridized carbons (Fsp3) is 0.400. The summed E-state index contributed by atoms with van der Waals surface area (Å²) in [6.07, 6.45) is 4.59. The van der Waals surface area contributed by atoms with Gasteiger partial charge in [-0.2, -0.15) is 5.10 Å². The summed E-state index contributed by atoms with van der Waals surface area (Å²) in [5.74, 6) is 0.836. The Labute approximate surface area is 114 Å². The molecule has 1 aromatic carbocycles. The van der Waals surface area contributed by atoms with E-state index in [2.05, 4.69) is 24.2 Å². The zero-order chi connectivity index (χ0) is 13.8. The second kappa shape index (κ2) is 5.89. The first kappa shape index (κ1) is 13.6. The Kier molecular flexibility index (Phi) is 4.22. The van der Waals surface area contributed by atoms with E-state index in [1.807, 2.05) is 32.3 Å². The topological polar surface area (TPSA) is 53.1 Å². The van der Waals surface area contributed by atoms with Crippen LogP contribution in [0.5, 0.6) is 5.75 Å². The van der Waals surface area contributed by atoms with Gasteiger partial charge in [0, 0.05) is 24.8 Å². The van der Waals surface area contributed by atoms with Crippen molar-refractivity contribution in [3.63, 3.8) is 0 Å². The smallest absolute Gasteiger partial charge is 0.141 e. The molecule has 102 valence electrons. The molecule has 0 aliphatic carbocycles. The van der Waals surface area contributed by atoms with E-state index in [-0.39, 0.29) is 12.1 Å². The van der Waals surface area contributed by atoms with Gasteiger partial charge in [-0.15, -0.1) is 0 Å². The minimum absolute atomic E-state index is 0.102. The molecule has 0 bridgehead atoms. The molecule has 0 saturated carbocycles. The van der Waals surface area contributed by atoms with Crippen molar-refractivity contribution in [3.8, 4) is 5.75 Å². The predicted molar refractivity (Wildman–Crippen MR) is 76.0 cm³/mol. The maximum Gasteiger partial charge on any atom is 0.141 e. The largest absolute Gasteiger partial charge is 0.484 e. The van der Waals surface area contributed by atoms with E-state index in [1.54, 1.807) is 10.9 Å². The standard InChI is InChI=1S/C15H21N3O/c1-4-12-5-7-14(8-6-12)19-15(11(2)16)13-9-17-18(3)10-13/h5-11,15H,4,16H2,1-3H3. The maximum absolute atomic E-state index is 6.02. The molecule has 19 heavy (non-hydrogen) atoms. The Morgan fingerprint density at radius 1 is 1.32 bits per heavy atom. The van der Waals surface area contributed by atoms with E-state index in [0.29, 0.717) is 0 Å². The number of nitrogens with zero attached hydrogens (tertiary/aromatic N) is 2. The average molecular weight is 259 g/mol. The van der Waals surface area contributed by atoms with E-state index >= 15 is 0 Å². The normalized spacial score (nSPS) is 14.1. The van der Waals surface area contributed by atoms with Crippen molar-refractivity contribution >= 4 is 0 Å². The Hall–Kier alpha value is -1.81. The van der Waals surface area contributed by atoms with E-state index < -0.39 is 0 Å². The molecule has 4 nitrogen and oxygen atoms in total. The Morgan fingerprint density at radius 3 is 2.47 bits per heavy atom. The molecule has 0 amide bonds. The van der Waals surface area contributed by atoms with Crippen LogP contribution in [0.25, 0.3) is 0 Å². The van der Waals surface area contributed by atoms with Crippen LogP contribution in [0.15, 0.2) is 36.7 Å². The fourth-order valence-corrected chi connectivity index (χ4v) is 2.02. The van der Waals surface area contributed by atoms with Crippen molar-refractivity contribution in [2.24, 2.45) is 12.8 Å². The molecular formula is C15H21N3O. The van der Waals surface area contributed by atoms with E-state index in [1.165, 1.54) is 5.56 Å². The highest BCUT2D eigenvalue weighted by Gasteiger charge is 2.19. The Morgan fingerprint density at radius 2 is 2.00 bits per heavy atom. The second-order valence-electron chi connectivity index (χ2n) is 4.84. The summed E-state index contributed by atoms with van der Waals surface area (Å²) < 4.78 is 7.75. The van der Waals surface area contributed by atoms with Crippen LogP contribution in [0.3, 0.4) is 0 Å². The van der Waals surface area contributed by atoms with Gasteiger partial charge in [0.05, 0.1) is 6.20 Å². The van der Waals surface area contributed by atoms with Crippen LogP contribution in [0.4, 0.5) is 0 Å². The van der Waals surface area contributed by atoms with Crippen LogP contribution < -0.4 is 10.5 Å². The molecule has 4 heteroatoms. The van der Waals surface area contributed by atoms with Gasteiger partial charge in [0.15, 0.2) is 0 Å². The molecule has 0 spiro atoms. The van der Waals surface area contributed by atoms with E-state index in [9.17, 15) is 0 Å². The van der Waals surface area contributed by atoms with Gasteiger partial charge in [0.25, 0.3) is 0 Å². The van der Waals surface area contributed by atoms with Crippen LogP contribution >= 0.6 is 0 Å². The Balaban J connectivity index is 2.16. The number of hydrogen-bond acceptors (Lipinski definition) is 3. The van der Waals surface area contributed by atoms with Crippen molar-refractivity contribution in [3.05, 3.63) is 47.8 Å². The highest BCUT2D eigenvalue weighted by molar-refractivity contribution is 5.28. The summed E-state index contributed by atoms with van der Waals surface area (Å²) in [7, 11) is 1.89. The van der Waals surface area contributed by atoms with Gasteiger partial charge in [-0.05, 0) is 31.0 Å². The lowest BCUT2D eigenvalue weighted by atomic mass is 10.1. The Bertz CT molecular complexity index is 516. The van der Waals surface area contributed by atoms with Crippen molar-refractivity contribution in [1.29, 1.82) is 0 Å². The SMILES string of the molecule is CCc1ccc(OC(c2cnn(C)c2)C(C)N)cc1. The minimum Gasteiger partial charge on any atom is -0.484 e. The van der Waals surface area contributed by atoms with Crippen molar-refractivity contribution in [2.75, 3.05) is 0 Å². The van der Waals surface area contributed by atoms with Crippen LogP contribution in [0.2, 0.25) is 0 Å². The maximum atomic E-state index is 6.02. The monoisotopic (exact) mass is 259 g/mol. The summed E-state index contributed by atoms with van der Waals surface area (Å²) in [6.45, 7) is 4.08. The summed E-state index contributed by atoms with van der Waals surface area (Å²) >= 11 is 0. The molecule has 2 rings (SSSR count). The van der Waals surface area contributed by atoms with Gasteiger partial charge in [-0.1, -0.05) is 19.1 Å². The molecule has 0 aliphatic heterocycles. The third-order valence-electron chi connectivity index (χ3n) is 3.13. The molecule has 2 unspecified atom stereocenters. The van der Waals surface area contributed by atoms with Crippen LogP contribution in [-0.4, -0.2) is 15.8 Å². The quantitative estimate of drug-likeness (QED) is 0.897. The zero-order valence-electron chi connectivity index (χ0n) is 11.7. The number of hydrogen-bond donors (Lipinski definition) is 1. The van der Waals surface area contributed by atoms with Gasteiger partial charge < -0.3 is 10.5 Å². The van der Waals surface area contributed by atoms with Crippen molar-refractivity contribution < 1.29 is 4.74 Å². The summed E-state index contributed by atoms with van der Waals surface area (Å²) in [5.41, 5.74) is 8.31. The van der Waals surface area contributed by atoms with Gasteiger partial charge in [-0.3, -0.25) is 4.68 Å². The number of benzene rings is 1. The fourth-order valence-electron chi connectivity index (χ4n) is 2.02. The zero-order valence-corrected chi connectivity index (χ0v) is 11.7. The lowest BCUT2D eigenvalue weighted by molar-refractivity contribution is 0.180. The lowest BCUT2D eigenvalue weighted by Crippen LogP contribution is -2.28. The van der Waals surface area contributed by atoms with Crippen LogP contribution in [0, 0.1) is 0 Å². The molecule has 2 atom stereocenters. The molecule has 1 heterocycles. The summed E-state index contributed by atoms with van der Waals surface area (Å²) in [6, 6.07) is 8.04. The molecule has 0 fully saturated rings. The molecule has 0 saturated heterocycles. The number of aromatic nitrogens is 2. The van der Waals surface area contributed by atoms with E-state index in [4.69, 9.17) is 10.5 Å². The highest BCUT2D eigenvalue weighted by atomic mass is 16.5. The van der Waals surface area contributed by atoms with Crippen molar-refractivity contribution in [2.45, 2.75) is 32.4 Å². The third-order valence-corrected chi connectivity index (χ3v) is 3.13. The number of ether oxygens (including phenoxy) is 1. The minimum atomic E-state index is -0.179. The van der Waals surface area contributed by atoms with Crippen LogP contribution in [0.1, 0.15) is 31.1 Å². The first-order valence-electron chi connectivity index (χ1n) is 6.60. The predicted octanol–water partition coefficient (Wildman–Crippen LogP) is 2.45.